The molecule has 0 saturated heterocycles. The van der Waals surface area contributed by atoms with Crippen LogP contribution >= 0.6 is 0 Å². The van der Waals surface area contributed by atoms with Crippen molar-refractivity contribution in [2.45, 2.75) is 514 Å². The van der Waals surface area contributed by atoms with Crippen LogP contribution in [-0.2, 0) is 14.3 Å². The average Bonchev–Trinajstić information content (AvgIpc) is 3.74. The maximum atomic E-state index is 12.6. The van der Waals surface area contributed by atoms with Crippen molar-refractivity contribution in [2.24, 2.45) is 0 Å². The summed E-state index contributed by atoms with van der Waals surface area (Å²) in [5, 5.41) is 23.3. The molecule has 0 spiro atoms. The van der Waals surface area contributed by atoms with Crippen LogP contribution in [0.3, 0.4) is 0 Å². The first kappa shape index (κ1) is 92.3. The van der Waals surface area contributed by atoms with Crippen molar-refractivity contribution in [2.75, 3.05) is 13.2 Å². The summed E-state index contributed by atoms with van der Waals surface area (Å²) in [6, 6.07) is -0.626. The van der Waals surface area contributed by atoms with Crippen molar-refractivity contribution in [3.05, 3.63) is 24.3 Å². The second-order valence-corrected chi connectivity index (χ2v) is 30.2. The van der Waals surface area contributed by atoms with Crippen LogP contribution < -0.4 is 5.32 Å². The van der Waals surface area contributed by atoms with Gasteiger partial charge in [-0.1, -0.05) is 456 Å². The van der Waals surface area contributed by atoms with Crippen LogP contribution in [0.15, 0.2) is 24.3 Å². The van der Waals surface area contributed by atoms with Gasteiger partial charge in [-0.05, 0) is 57.8 Å². The van der Waals surface area contributed by atoms with Gasteiger partial charge < -0.3 is 20.3 Å². The lowest BCUT2D eigenvalue weighted by molar-refractivity contribution is -0.143. The minimum Gasteiger partial charge on any atom is -0.466 e. The molecule has 2 unspecified atom stereocenters. The summed E-state index contributed by atoms with van der Waals surface area (Å²) in [6.45, 7) is 4.97. The molecule has 6 heteroatoms. The number of rotatable bonds is 83. The van der Waals surface area contributed by atoms with Gasteiger partial charge in [0.2, 0.25) is 5.91 Å². The van der Waals surface area contributed by atoms with Crippen molar-refractivity contribution < 1.29 is 24.5 Å². The van der Waals surface area contributed by atoms with Crippen molar-refractivity contribution in [3.8, 4) is 0 Å². The third kappa shape index (κ3) is 79.3. The number of aliphatic hydroxyl groups is 2. The number of ether oxygens (including phenoxy) is 1. The van der Waals surface area contributed by atoms with Gasteiger partial charge in [0.1, 0.15) is 0 Å². The number of carbonyl (C=O) groups is 2. The normalized spacial score (nSPS) is 12.5. The van der Waals surface area contributed by atoms with Crippen LogP contribution in [0.4, 0.5) is 0 Å². The number of amides is 1. The molecule has 1 amide bonds. The molecular weight excluding hydrogens is 1150 g/mol. The van der Waals surface area contributed by atoms with Gasteiger partial charge in [0.25, 0.3) is 0 Å². The molecule has 2 atom stereocenters. The van der Waals surface area contributed by atoms with Gasteiger partial charge >= 0.3 is 5.97 Å². The second kappa shape index (κ2) is 83.8. The Morgan fingerprint density at radius 2 is 0.500 bits per heavy atom. The average molecular weight is 1320 g/mol. The zero-order valence-corrected chi connectivity index (χ0v) is 64.2. The zero-order chi connectivity index (χ0) is 67.7. The molecule has 0 aliphatic carbocycles. The lowest BCUT2D eigenvalue weighted by Gasteiger charge is -2.20. The molecule has 94 heavy (non-hydrogen) atoms. The molecule has 0 fully saturated rings. The van der Waals surface area contributed by atoms with Crippen LogP contribution in [0, 0.1) is 0 Å². The Hall–Kier alpha value is -1.66. The summed E-state index contributed by atoms with van der Waals surface area (Å²) < 4.78 is 5.53. The van der Waals surface area contributed by atoms with Gasteiger partial charge in [-0.25, -0.2) is 0 Å². The van der Waals surface area contributed by atoms with Gasteiger partial charge in [-0.15, -0.1) is 0 Å². The molecule has 0 saturated carbocycles. The molecule has 0 aromatic rings. The highest BCUT2D eigenvalue weighted by molar-refractivity contribution is 5.76. The molecule has 0 rings (SSSR count). The molecule has 0 aromatic heterocycles. The van der Waals surface area contributed by atoms with Crippen LogP contribution in [0.5, 0.6) is 0 Å². The first-order chi connectivity index (χ1) is 46.5. The van der Waals surface area contributed by atoms with Crippen LogP contribution in [0.1, 0.15) is 502 Å². The summed E-state index contributed by atoms with van der Waals surface area (Å²) in [4.78, 5) is 24.7. The lowest BCUT2D eigenvalue weighted by atomic mass is 10.0. The van der Waals surface area contributed by atoms with Crippen LogP contribution in [0.25, 0.3) is 0 Å². The lowest BCUT2D eigenvalue weighted by Crippen LogP contribution is -2.45. The Kier molecular flexibility index (Phi) is 82.3. The van der Waals surface area contributed by atoms with Gasteiger partial charge in [0.15, 0.2) is 0 Å². The Morgan fingerprint density at radius 1 is 0.287 bits per heavy atom. The highest BCUT2D eigenvalue weighted by atomic mass is 16.5. The van der Waals surface area contributed by atoms with Crippen molar-refractivity contribution in [1.29, 1.82) is 0 Å². The monoisotopic (exact) mass is 1320 g/mol. The van der Waals surface area contributed by atoms with E-state index >= 15 is 0 Å². The molecule has 3 N–H and O–H groups in total. The fourth-order valence-corrected chi connectivity index (χ4v) is 14.1. The number of aliphatic hydroxyl groups excluding tert-OH is 2. The van der Waals surface area contributed by atoms with E-state index in [1.54, 1.807) is 6.08 Å². The Labute approximate surface area is 590 Å². The predicted molar refractivity (Wildman–Crippen MR) is 417 cm³/mol. The molecular formula is C88H171NO5. The topological polar surface area (TPSA) is 95.9 Å². The third-order valence-corrected chi connectivity index (χ3v) is 20.7. The summed E-state index contributed by atoms with van der Waals surface area (Å²) in [5.41, 5.74) is 0. The Morgan fingerprint density at radius 3 is 0.755 bits per heavy atom. The summed E-state index contributed by atoms with van der Waals surface area (Å²) in [5.74, 6) is -0.0326. The van der Waals surface area contributed by atoms with Crippen molar-refractivity contribution in [3.63, 3.8) is 0 Å². The van der Waals surface area contributed by atoms with Crippen LogP contribution in [-0.4, -0.2) is 47.4 Å². The highest BCUT2D eigenvalue weighted by Crippen LogP contribution is 2.21. The van der Waals surface area contributed by atoms with Crippen molar-refractivity contribution in [1.82, 2.24) is 5.32 Å². The van der Waals surface area contributed by atoms with E-state index in [1.165, 1.54) is 437 Å². The van der Waals surface area contributed by atoms with E-state index in [0.29, 0.717) is 19.4 Å². The third-order valence-electron chi connectivity index (χ3n) is 20.7. The van der Waals surface area contributed by atoms with E-state index in [0.717, 1.165) is 38.5 Å². The summed E-state index contributed by atoms with van der Waals surface area (Å²) >= 11 is 0. The number of hydrogen-bond donors (Lipinski definition) is 3. The standard InChI is InChI=1S/C88H171NO5/c1-3-5-7-9-11-13-15-17-19-21-23-24-38-41-45-48-52-56-60-64-68-72-76-80-86(91)85(84-90)89-87(92)81-77-73-69-65-61-57-53-49-46-42-39-36-34-32-30-28-26-25-27-29-31-33-35-37-40-43-47-51-55-59-63-67-71-75-79-83-94-88(93)82-78-74-70-66-62-58-54-50-44-22-20-18-16-14-12-10-8-6-4-2/h27,29,76,80,85-86,90-91H,3-26,28,30-75,77-79,81-84H2,1-2H3,(H,89,92)/b29-27-,80-76+. The first-order valence-corrected chi connectivity index (χ1v) is 43.6. The predicted octanol–water partition coefficient (Wildman–Crippen LogP) is 29.2. The Bertz CT molecular complexity index is 1480. The number of esters is 1. The number of nitrogens with one attached hydrogen (secondary N) is 1. The SMILES string of the molecule is CCCCCCCCCCCCCCCCCCCCCCC/C=C/C(O)C(CO)NC(=O)CCCCCCCCCCCCCCCCCCC/C=C\CCCCCCCCCCCCCCCCOC(=O)CCCCCCCCCCCCCCCCCCCCC. The minimum absolute atomic E-state index is 0.0261. The number of hydrogen-bond acceptors (Lipinski definition) is 5. The second-order valence-electron chi connectivity index (χ2n) is 30.2. The Balaban J connectivity index is 3.35. The molecule has 6 nitrogen and oxygen atoms in total. The molecule has 0 aromatic carbocycles. The van der Waals surface area contributed by atoms with E-state index < -0.39 is 12.1 Å². The molecule has 0 heterocycles. The zero-order valence-electron chi connectivity index (χ0n) is 64.2. The quantitative estimate of drug-likeness (QED) is 0.0320. The van der Waals surface area contributed by atoms with E-state index in [1.807, 2.05) is 6.08 Å². The molecule has 558 valence electrons. The summed E-state index contributed by atoms with van der Waals surface area (Å²) in [7, 11) is 0. The largest absolute Gasteiger partial charge is 0.466 e. The number of allylic oxidation sites excluding steroid dienone is 3. The minimum atomic E-state index is -0.843. The molecule has 0 bridgehead atoms. The fourth-order valence-electron chi connectivity index (χ4n) is 14.1. The maximum absolute atomic E-state index is 12.6. The molecule has 0 radical (unpaired) electrons. The number of carbonyl (C=O) groups excluding carboxylic acids is 2. The van der Waals surface area contributed by atoms with E-state index in [9.17, 15) is 19.8 Å². The van der Waals surface area contributed by atoms with Gasteiger partial charge in [0, 0.05) is 12.8 Å². The first-order valence-electron chi connectivity index (χ1n) is 43.6. The highest BCUT2D eigenvalue weighted by Gasteiger charge is 2.18. The maximum Gasteiger partial charge on any atom is 0.305 e. The van der Waals surface area contributed by atoms with Gasteiger partial charge in [0.05, 0.1) is 25.4 Å². The van der Waals surface area contributed by atoms with Crippen molar-refractivity contribution >= 4 is 11.9 Å². The number of unbranched alkanes of at least 4 members (excludes halogenated alkanes) is 70. The van der Waals surface area contributed by atoms with E-state index in [4.69, 9.17) is 4.74 Å². The smallest absolute Gasteiger partial charge is 0.305 e. The summed E-state index contributed by atoms with van der Waals surface area (Å²) in [6.07, 6.45) is 109. The molecule has 0 aliphatic rings. The van der Waals surface area contributed by atoms with E-state index in [2.05, 4.69) is 31.3 Å². The van der Waals surface area contributed by atoms with Crippen LogP contribution in [0.2, 0.25) is 0 Å². The molecule has 0 aliphatic heterocycles. The van der Waals surface area contributed by atoms with Gasteiger partial charge in [-0.2, -0.15) is 0 Å². The van der Waals surface area contributed by atoms with Gasteiger partial charge in [-0.3, -0.25) is 9.59 Å². The fraction of sp³-hybridized carbons (Fsp3) is 0.932. The van der Waals surface area contributed by atoms with E-state index in [-0.39, 0.29) is 18.5 Å².